The normalized spacial score (nSPS) is 11.5. The second kappa shape index (κ2) is 24.2. The third kappa shape index (κ3) is 12.6. The van der Waals surface area contributed by atoms with Crippen molar-refractivity contribution in [3.05, 3.63) is 207 Å². The van der Waals surface area contributed by atoms with Crippen molar-refractivity contribution in [3.8, 4) is 45.6 Å². The minimum absolute atomic E-state index is 0. The van der Waals surface area contributed by atoms with E-state index in [9.17, 15) is 46.1 Å². The van der Waals surface area contributed by atoms with Gasteiger partial charge < -0.3 is 20.2 Å². The zero-order chi connectivity index (χ0) is 53.2. The van der Waals surface area contributed by atoms with Gasteiger partial charge in [0, 0.05) is 93.3 Å². The number of carbonyl (C=O) groups is 2. The van der Waals surface area contributed by atoms with Crippen LogP contribution in [0.2, 0.25) is 0 Å². The van der Waals surface area contributed by atoms with Crippen molar-refractivity contribution in [3.63, 3.8) is 0 Å². The van der Waals surface area contributed by atoms with Crippen LogP contribution in [-0.4, -0.2) is 74.0 Å². The monoisotopic (exact) mass is 1090 g/mol. The summed E-state index contributed by atoms with van der Waals surface area (Å²) in [6.45, 7) is 12.0. The molecule has 8 bridgehead atoms. The number of nitrogens with zero attached hydrogens (tertiary/aromatic N) is 6. The van der Waals surface area contributed by atoms with E-state index in [1.807, 2.05) is 97.1 Å². The van der Waals surface area contributed by atoms with Gasteiger partial charge in [-0.15, -0.1) is 26.3 Å². The van der Waals surface area contributed by atoms with E-state index in [0.29, 0.717) is 45.9 Å². The molecule has 19 heteroatoms. The Labute approximate surface area is 442 Å². The molecule has 3 aromatic heterocycles. The zero-order valence-electron chi connectivity index (χ0n) is 39.2. The predicted octanol–water partition coefficient (Wildman–Crippen LogP) is 13.9. The molecule has 0 radical (unpaired) electrons. The molecule has 9 aromatic rings. The first-order chi connectivity index (χ1) is 35.6. The van der Waals surface area contributed by atoms with Gasteiger partial charge in [-0.05, 0) is 0 Å². The van der Waals surface area contributed by atoms with Gasteiger partial charge in [-0.3, -0.25) is 9.59 Å². The van der Waals surface area contributed by atoms with Crippen LogP contribution in [-0.2, 0) is 35.8 Å². The molecule has 374 valence electrons. The van der Waals surface area contributed by atoms with Gasteiger partial charge in [-0.2, -0.15) is 26.3 Å². The van der Waals surface area contributed by atoms with Gasteiger partial charge in [-0.1, -0.05) is 158 Å². The number of benzene rings is 6. The fraction of sp³-hybridized carbons (Fsp3) is 0.0357. The second-order valence-corrected chi connectivity index (χ2v) is 15.3. The SMILES string of the molecule is C=C.C=C.O=C(C=C(O)c1ccccc1)C(F)(F)F.O=C(C=C(O)c1ccccc1)C(F)(F)F.[Zr].c1ccc2c(c1)-c1nc-2nc2[nH]c(nc3nc(nc4[nH]c(n1)c1ccccc41)-c1ccccc1-3)c1ccccc21. The average Bonchev–Trinajstić information content (AvgIpc) is 4.16. The summed E-state index contributed by atoms with van der Waals surface area (Å²) in [6.07, 6.45) is -9.59. The first kappa shape index (κ1) is 55.4. The average molecular weight is 1090 g/mol. The number of alkyl halides is 6. The minimum atomic E-state index is -4.96. The number of aliphatic hydroxyl groups is 2. The van der Waals surface area contributed by atoms with Crippen LogP contribution in [0.5, 0.6) is 0 Å². The maximum Gasteiger partial charge on any atom is 0.454 e. The van der Waals surface area contributed by atoms with E-state index in [-0.39, 0.29) is 49.5 Å². The van der Waals surface area contributed by atoms with Crippen molar-refractivity contribution < 1.29 is 72.3 Å². The molecule has 0 amide bonds. The van der Waals surface area contributed by atoms with E-state index in [1.165, 1.54) is 48.5 Å². The topological polar surface area (TPSA) is 184 Å². The number of hydrogen-bond acceptors (Lipinski definition) is 10. The van der Waals surface area contributed by atoms with E-state index in [2.05, 4.69) is 36.3 Å². The van der Waals surface area contributed by atoms with Crippen LogP contribution in [0.15, 0.2) is 196 Å². The summed E-state index contributed by atoms with van der Waals surface area (Å²) in [5, 5.41) is 22.2. The third-order valence-electron chi connectivity index (χ3n) is 10.7. The molecule has 0 fully saturated rings. The Morgan fingerprint density at radius 1 is 0.387 bits per heavy atom. The first-order valence-electron chi connectivity index (χ1n) is 22.0. The molecule has 0 saturated heterocycles. The summed E-state index contributed by atoms with van der Waals surface area (Å²) in [5.41, 5.74) is 6.77. The molecule has 12 nitrogen and oxygen atoms in total. The molecule has 4 N–H and O–H groups in total. The zero-order valence-corrected chi connectivity index (χ0v) is 41.6. The van der Waals surface area contributed by atoms with Crippen LogP contribution in [0.4, 0.5) is 26.3 Å². The number of aliphatic hydroxyl groups excluding tert-OH is 2. The van der Waals surface area contributed by atoms with Crippen LogP contribution >= 0.6 is 0 Å². The van der Waals surface area contributed by atoms with Gasteiger partial charge in [0.15, 0.2) is 23.3 Å². The number of fused-ring (bicyclic) bond motifs is 20. The number of hydrogen-bond donors (Lipinski definition) is 4. The Morgan fingerprint density at radius 2 is 0.613 bits per heavy atom. The summed E-state index contributed by atoms with van der Waals surface area (Å²) in [5.74, 6) is -3.16. The number of H-pyrrole nitrogens is 2. The summed E-state index contributed by atoms with van der Waals surface area (Å²) in [7, 11) is 0. The molecular formula is C56H40F6N8O4Zr. The molecule has 2 aliphatic heterocycles. The third-order valence-corrected chi connectivity index (χ3v) is 10.7. The van der Waals surface area contributed by atoms with Gasteiger partial charge in [0.05, 0.1) is 0 Å². The predicted molar refractivity (Wildman–Crippen MR) is 275 cm³/mol. The molecule has 0 unspecified atom stereocenters. The number of ketones is 2. The van der Waals surface area contributed by atoms with E-state index in [1.54, 1.807) is 12.1 Å². The van der Waals surface area contributed by atoms with Crippen molar-refractivity contribution >= 4 is 67.2 Å². The first-order valence-corrected chi connectivity index (χ1v) is 22.0. The van der Waals surface area contributed by atoms with Gasteiger partial charge in [0.25, 0.3) is 11.6 Å². The standard InChI is InChI=1S/C32H18N8.2C10H7F3O2.2C2H4.Zr/c1-2-10-18-17(9-1)25-33-26(18)38-28-21-13-5-6-14-22(21)30(35-28)40-32-24-16-8-7-15-23(24)31(36-32)39-29-20-12-4-3-11-19(20)27(34-29)37-25;2*11-10(12,13)9(15)6-8(14)7-4-2-1-3-5-7;2*1-2;/h1-16H,(H2,33,34,35,36,37,38,39,40);2*1-6,14H;2*1-2H2;. The number of allylic oxidation sites excluding steroid dienone is 2. The van der Waals surface area contributed by atoms with E-state index < -0.39 is 35.4 Å². The Kier molecular flexibility index (Phi) is 17.8. The second-order valence-electron chi connectivity index (χ2n) is 15.3. The molecular weight excluding hydrogens is 1050 g/mol. The summed E-state index contributed by atoms with van der Waals surface area (Å²) < 4.78 is 70.9. The Morgan fingerprint density at radius 3 is 0.853 bits per heavy atom. The van der Waals surface area contributed by atoms with E-state index in [4.69, 9.17) is 29.9 Å². The van der Waals surface area contributed by atoms with Crippen molar-refractivity contribution in [2.24, 2.45) is 0 Å². The smallest absolute Gasteiger partial charge is 0.454 e. The summed E-state index contributed by atoms with van der Waals surface area (Å²) in [6, 6.07) is 47.3. The van der Waals surface area contributed by atoms with Crippen LogP contribution in [0.3, 0.4) is 0 Å². The number of aromatic nitrogens is 8. The molecule has 0 spiro atoms. The Balaban J connectivity index is 0.000000217. The van der Waals surface area contributed by atoms with Crippen LogP contribution < -0.4 is 0 Å². The number of nitrogens with one attached hydrogen (secondary N) is 2. The van der Waals surface area contributed by atoms with E-state index in [0.717, 1.165) is 43.8 Å². The minimum Gasteiger partial charge on any atom is -0.507 e. The molecule has 0 saturated carbocycles. The van der Waals surface area contributed by atoms with Gasteiger partial charge in [-0.25, -0.2) is 29.9 Å². The molecule has 75 heavy (non-hydrogen) atoms. The van der Waals surface area contributed by atoms with Crippen LogP contribution in [0, 0.1) is 0 Å². The molecule has 0 atom stereocenters. The van der Waals surface area contributed by atoms with Gasteiger partial charge in [0.2, 0.25) is 0 Å². The van der Waals surface area contributed by atoms with Crippen molar-refractivity contribution in [2.45, 2.75) is 12.4 Å². The Bertz CT molecular complexity index is 3370. The molecule has 5 heterocycles. The molecule has 2 aliphatic rings. The number of rotatable bonds is 4. The largest absolute Gasteiger partial charge is 0.507 e. The van der Waals surface area contributed by atoms with Crippen molar-refractivity contribution in [1.29, 1.82) is 0 Å². The maximum absolute atomic E-state index is 11.8. The molecule has 0 aliphatic carbocycles. The van der Waals surface area contributed by atoms with Crippen molar-refractivity contribution in [1.82, 2.24) is 39.9 Å². The summed E-state index contributed by atoms with van der Waals surface area (Å²) in [4.78, 5) is 57.7. The summed E-state index contributed by atoms with van der Waals surface area (Å²) >= 11 is 0. The number of aromatic amines is 2. The molecule has 6 aromatic carbocycles. The van der Waals surface area contributed by atoms with Gasteiger partial charge >= 0.3 is 12.4 Å². The number of halogens is 6. The fourth-order valence-corrected chi connectivity index (χ4v) is 7.39. The fourth-order valence-electron chi connectivity index (χ4n) is 7.39. The maximum atomic E-state index is 11.8. The number of carbonyl (C=O) groups excluding carboxylic acids is 2. The molecule has 11 rings (SSSR count). The van der Waals surface area contributed by atoms with E-state index >= 15 is 0 Å². The van der Waals surface area contributed by atoms with Gasteiger partial charge in [0.1, 0.15) is 34.1 Å². The van der Waals surface area contributed by atoms with Crippen LogP contribution in [0.1, 0.15) is 11.1 Å². The quantitative estimate of drug-likeness (QED) is 0.0572. The van der Waals surface area contributed by atoms with Crippen molar-refractivity contribution in [2.75, 3.05) is 0 Å². The Hall–Kier alpha value is -8.96. The van der Waals surface area contributed by atoms with Crippen LogP contribution in [0.25, 0.3) is 101 Å².